The Bertz CT molecular complexity index is 793. The summed E-state index contributed by atoms with van der Waals surface area (Å²) in [7, 11) is 0. The number of nitrogens with two attached hydrogens (primary N) is 1. The van der Waals surface area contributed by atoms with Crippen LogP contribution in [0.15, 0.2) is 22.8 Å². The number of hydrogen-bond donors (Lipinski definition) is 1. The lowest BCUT2D eigenvalue weighted by Gasteiger charge is -2.37. The first-order chi connectivity index (χ1) is 11.4. The minimum atomic E-state index is -0.320. The number of fused-ring (bicyclic) bond motifs is 1. The van der Waals surface area contributed by atoms with Gasteiger partial charge in [-0.25, -0.2) is 0 Å². The topological polar surface area (TPSA) is 76.5 Å². The molecular formula is C19H24N2O3. The number of likely N-dealkylation sites (tertiary alicyclic amines) is 1. The van der Waals surface area contributed by atoms with Gasteiger partial charge in [-0.1, -0.05) is 12.1 Å². The van der Waals surface area contributed by atoms with E-state index in [-0.39, 0.29) is 30.2 Å². The third-order valence-electron chi connectivity index (χ3n) is 5.29. The van der Waals surface area contributed by atoms with Crippen molar-refractivity contribution in [1.29, 1.82) is 0 Å². The monoisotopic (exact) mass is 328 g/mol. The zero-order chi connectivity index (χ0) is 17.4. The molecule has 2 N–H and O–H groups in total. The van der Waals surface area contributed by atoms with Gasteiger partial charge in [-0.3, -0.25) is 9.59 Å². The van der Waals surface area contributed by atoms with Crippen molar-refractivity contribution < 1.29 is 14.0 Å². The van der Waals surface area contributed by atoms with Gasteiger partial charge in [0.1, 0.15) is 5.58 Å². The van der Waals surface area contributed by atoms with E-state index in [2.05, 4.69) is 0 Å². The minimum absolute atomic E-state index is 0.0226. The van der Waals surface area contributed by atoms with Crippen LogP contribution < -0.4 is 5.73 Å². The SMILES string of the molecule is Cc1ccc2c(CC(=O)N3C[C@H](C(N)=O)CC[C@H]3C)coc2c1C. The van der Waals surface area contributed by atoms with Gasteiger partial charge in [0.2, 0.25) is 11.8 Å². The fourth-order valence-corrected chi connectivity index (χ4v) is 3.48. The predicted molar refractivity (Wildman–Crippen MR) is 92.5 cm³/mol. The molecule has 2 aromatic rings. The number of carbonyl (C=O) groups is 2. The van der Waals surface area contributed by atoms with Gasteiger partial charge < -0.3 is 15.1 Å². The average Bonchev–Trinajstić information content (AvgIpc) is 2.94. The van der Waals surface area contributed by atoms with Gasteiger partial charge in [0.25, 0.3) is 0 Å². The predicted octanol–water partition coefficient (Wildman–Crippen LogP) is 2.70. The molecule has 24 heavy (non-hydrogen) atoms. The third kappa shape index (κ3) is 2.90. The van der Waals surface area contributed by atoms with E-state index in [4.69, 9.17) is 10.2 Å². The van der Waals surface area contributed by atoms with E-state index >= 15 is 0 Å². The molecule has 0 radical (unpaired) electrons. The summed E-state index contributed by atoms with van der Waals surface area (Å²) < 4.78 is 5.69. The van der Waals surface area contributed by atoms with Crippen LogP contribution in [0.25, 0.3) is 11.0 Å². The van der Waals surface area contributed by atoms with Crippen LogP contribution in [-0.2, 0) is 16.0 Å². The van der Waals surface area contributed by atoms with Gasteiger partial charge in [-0.2, -0.15) is 0 Å². The summed E-state index contributed by atoms with van der Waals surface area (Å²) in [6, 6.07) is 4.19. The number of piperidine rings is 1. The Morgan fingerprint density at radius 2 is 2.04 bits per heavy atom. The Morgan fingerprint density at radius 1 is 1.29 bits per heavy atom. The van der Waals surface area contributed by atoms with Crippen LogP contribution in [0.5, 0.6) is 0 Å². The zero-order valence-corrected chi connectivity index (χ0v) is 14.5. The van der Waals surface area contributed by atoms with Gasteiger partial charge in [-0.15, -0.1) is 0 Å². The number of aryl methyl sites for hydroxylation is 2. The summed E-state index contributed by atoms with van der Waals surface area (Å²) in [6.45, 7) is 6.51. The standard InChI is InChI=1S/C19H24N2O3/c1-11-4-7-16-15(10-24-18(16)13(11)3)8-17(22)21-9-14(19(20)23)6-5-12(21)2/h4,7,10,12,14H,5-6,8-9H2,1-3H3,(H2,20,23)/t12-,14-/m1/s1. The van der Waals surface area contributed by atoms with Crippen LogP contribution in [0.1, 0.15) is 36.5 Å². The molecule has 2 atom stereocenters. The highest BCUT2D eigenvalue weighted by Gasteiger charge is 2.31. The van der Waals surface area contributed by atoms with Crippen molar-refractivity contribution in [2.75, 3.05) is 6.54 Å². The molecule has 1 fully saturated rings. The van der Waals surface area contributed by atoms with Gasteiger partial charge in [0.15, 0.2) is 0 Å². The van der Waals surface area contributed by atoms with Crippen molar-refractivity contribution in [1.82, 2.24) is 4.90 Å². The Balaban J connectivity index is 1.82. The maximum Gasteiger partial charge on any atom is 0.227 e. The number of primary amides is 1. The van der Waals surface area contributed by atoms with E-state index in [0.717, 1.165) is 34.9 Å². The highest BCUT2D eigenvalue weighted by Crippen LogP contribution is 2.28. The average molecular weight is 328 g/mol. The number of carbonyl (C=O) groups excluding carboxylic acids is 2. The molecular weight excluding hydrogens is 304 g/mol. The molecule has 0 bridgehead atoms. The maximum absolute atomic E-state index is 12.8. The Labute approximate surface area is 141 Å². The molecule has 1 aliphatic rings. The molecule has 0 spiro atoms. The normalized spacial score (nSPS) is 21.2. The first kappa shape index (κ1) is 16.6. The van der Waals surface area contributed by atoms with Crippen molar-refractivity contribution in [3.05, 3.63) is 35.1 Å². The van der Waals surface area contributed by atoms with Crippen LogP contribution in [0.4, 0.5) is 0 Å². The second kappa shape index (κ2) is 6.30. The number of furan rings is 1. The minimum Gasteiger partial charge on any atom is -0.464 e. The summed E-state index contributed by atoms with van der Waals surface area (Å²) in [5.74, 6) is -0.537. The van der Waals surface area contributed by atoms with E-state index in [1.165, 1.54) is 5.56 Å². The van der Waals surface area contributed by atoms with Crippen LogP contribution in [0.3, 0.4) is 0 Å². The van der Waals surface area contributed by atoms with Gasteiger partial charge in [-0.05, 0) is 44.7 Å². The van der Waals surface area contributed by atoms with Crippen molar-refractivity contribution in [2.45, 2.75) is 46.1 Å². The summed E-state index contributed by atoms with van der Waals surface area (Å²) in [6.07, 6.45) is 3.53. The van der Waals surface area contributed by atoms with E-state index in [1.54, 1.807) is 11.2 Å². The van der Waals surface area contributed by atoms with E-state index in [9.17, 15) is 9.59 Å². The highest BCUT2D eigenvalue weighted by atomic mass is 16.3. The lowest BCUT2D eigenvalue weighted by molar-refractivity contribution is -0.136. The van der Waals surface area contributed by atoms with Crippen molar-refractivity contribution >= 4 is 22.8 Å². The van der Waals surface area contributed by atoms with Crippen molar-refractivity contribution in [3.63, 3.8) is 0 Å². The second-order valence-corrected chi connectivity index (χ2v) is 6.89. The number of amides is 2. The molecule has 1 aliphatic heterocycles. The fourth-order valence-electron chi connectivity index (χ4n) is 3.48. The molecule has 5 nitrogen and oxygen atoms in total. The quantitative estimate of drug-likeness (QED) is 0.941. The Morgan fingerprint density at radius 3 is 2.75 bits per heavy atom. The maximum atomic E-state index is 12.8. The Hall–Kier alpha value is -2.30. The smallest absolute Gasteiger partial charge is 0.227 e. The molecule has 2 heterocycles. The van der Waals surface area contributed by atoms with Gasteiger partial charge in [0, 0.05) is 23.5 Å². The molecule has 0 saturated carbocycles. The van der Waals surface area contributed by atoms with Crippen LogP contribution in [0, 0.1) is 19.8 Å². The fraction of sp³-hybridized carbons (Fsp3) is 0.474. The van der Waals surface area contributed by atoms with Gasteiger partial charge >= 0.3 is 0 Å². The highest BCUT2D eigenvalue weighted by molar-refractivity contribution is 5.90. The summed E-state index contributed by atoms with van der Waals surface area (Å²) in [4.78, 5) is 26.0. The van der Waals surface area contributed by atoms with E-state index in [0.29, 0.717) is 6.54 Å². The zero-order valence-electron chi connectivity index (χ0n) is 14.5. The van der Waals surface area contributed by atoms with Crippen LogP contribution in [0.2, 0.25) is 0 Å². The molecule has 0 unspecified atom stereocenters. The summed E-state index contributed by atoms with van der Waals surface area (Å²) >= 11 is 0. The lowest BCUT2D eigenvalue weighted by Crippen LogP contribution is -2.49. The first-order valence-electron chi connectivity index (χ1n) is 8.43. The molecule has 1 aromatic carbocycles. The second-order valence-electron chi connectivity index (χ2n) is 6.89. The molecule has 2 amide bonds. The van der Waals surface area contributed by atoms with E-state index < -0.39 is 0 Å². The molecule has 128 valence electrons. The van der Waals surface area contributed by atoms with Crippen molar-refractivity contribution in [3.8, 4) is 0 Å². The molecule has 0 aliphatic carbocycles. The largest absolute Gasteiger partial charge is 0.464 e. The molecule has 3 rings (SSSR count). The molecule has 1 saturated heterocycles. The van der Waals surface area contributed by atoms with Gasteiger partial charge in [0.05, 0.1) is 18.6 Å². The third-order valence-corrected chi connectivity index (χ3v) is 5.29. The molecule has 5 heteroatoms. The number of benzene rings is 1. The summed E-state index contributed by atoms with van der Waals surface area (Å²) in [5, 5.41) is 0.988. The number of rotatable bonds is 3. The first-order valence-corrected chi connectivity index (χ1v) is 8.43. The van der Waals surface area contributed by atoms with Crippen molar-refractivity contribution in [2.24, 2.45) is 11.7 Å². The number of nitrogens with zero attached hydrogens (tertiary/aromatic N) is 1. The molecule has 1 aromatic heterocycles. The Kier molecular flexibility index (Phi) is 4.35. The van der Waals surface area contributed by atoms with E-state index in [1.807, 2.05) is 32.9 Å². The summed E-state index contributed by atoms with van der Waals surface area (Å²) in [5.41, 5.74) is 9.44. The number of hydrogen-bond acceptors (Lipinski definition) is 3. The van der Waals surface area contributed by atoms with Crippen LogP contribution >= 0.6 is 0 Å². The van der Waals surface area contributed by atoms with Crippen LogP contribution in [-0.4, -0.2) is 29.3 Å². The lowest BCUT2D eigenvalue weighted by atomic mass is 9.92.